The van der Waals surface area contributed by atoms with Gasteiger partial charge >= 0.3 is 18.0 Å². The highest BCUT2D eigenvalue weighted by molar-refractivity contribution is 5.96. The van der Waals surface area contributed by atoms with Crippen LogP contribution < -0.4 is 19.7 Å². The van der Waals surface area contributed by atoms with Crippen LogP contribution >= 0.6 is 0 Å². The zero-order chi connectivity index (χ0) is 29.0. The van der Waals surface area contributed by atoms with Gasteiger partial charge < -0.3 is 24.3 Å². The van der Waals surface area contributed by atoms with E-state index in [1.807, 2.05) is 84.9 Å². The van der Waals surface area contributed by atoms with E-state index < -0.39 is 18.5 Å². The Morgan fingerprint density at radius 3 is 2.05 bits per heavy atom. The maximum Gasteiger partial charge on any atom is 0.343 e. The van der Waals surface area contributed by atoms with Crippen molar-refractivity contribution >= 4 is 23.7 Å². The van der Waals surface area contributed by atoms with Crippen LogP contribution in [0.4, 0.5) is 10.5 Å². The second-order valence-electron chi connectivity index (χ2n) is 8.83. The molecule has 0 spiro atoms. The summed E-state index contributed by atoms with van der Waals surface area (Å²) in [5.41, 5.74) is 2.32. The van der Waals surface area contributed by atoms with Crippen LogP contribution in [-0.2, 0) is 27.4 Å². The lowest BCUT2D eigenvalue weighted by Crippen LogP contribution is -2.39. The number of hydrogen-bond donors (Lipinski definition) is 1. The molecule has 4 aromatic carbocycles. The summed E-state index contributed by atoms with van der Waals surface area (Å²) in [6.07, 6.45) is 0. The number of amides is 2. The van der Waals surface area contributed by atoms with Crippen molar-refractivity contribution in [1.29, 1.82) is 0 Å². The maximum absolute atomic E-state index is 13.5. The van der Waals surface area contributed by atoms with Gasteiger partial charge in [-0.05, 0) is 47.5 Å². The van der Waals surface area contributed by atoms with Gasteiger partial charge in [-0.25, -0.2) is 14.4 Å². The van der Waals surface area contributed by atoms with Gasteiger partial charge in [0.25, 0.3) is 0 Å². The van der Waals surface area contributed by atoms with E-state index in [4.69, 9.17) is 14.2 Å². The van der Waals surface area contributed by atoms with E-state index in [0.717, 1.165) is 16.9 Å². The Labute approximate surface area is 238 Å². The largest absolute Gasteiger partial charge is 0.481 e. The molecule has 0 bridgehead atoms. The summed E-state index contributed by atoms with van der Waals surface area (Å²) in [6.45, 7) is 0.0883. The van der Waals surface area contributed by atoms with Crippen molar-refractivity contribution in [2.24, 2.45) is 0 Å². The zero-order valence-corrected chi connectivity index (χ0v) is 22.7. The molecule has 210 valence electrons. The molecule has 0 saturated heterocycles. The van der Waals surface area contributed by atoms with Crippen molar-refractivity contribution in [2.75, 3.05) is 25.7 Å². The lowest BCUT2D eigenvalue weighted by molar-refractivity contribution is -0.142. The Morgan fingerprint density at radius 1 is 0.732 bits per heavy atom. The van der Waals surface area contributed by atoms with Crippen LogP contribution in [0, 0.1) is 0 Å². The summed E-state index contributed by atoms with van der Waals surface area (Å²) >= 11 is 0. The van der Waals surface area contributed by atoms with E-state index in [1.165, 1.54) is 31.3 Å². The minimum atomic E-state index is -0.643. The van der Waals surface area contributed by atoms with Gasteiger partial charge in [0.05, 0.1) is 20.8 Å². The molecule has 2 amide bonds. The number of urea groups is 1. The summed E-state index contributed by atoms with van der Waals surface area (Å²) in [5.74, 6) is 0.237. The quantitative estimate of drug-likeness (QED) is 0.236. The topological polar surface area (TPSA) is 103 Å². The average Bonchev–Trinajstić information content (AvgIpc) is 3.02. The van der Waals surface area contributed by atoms with E-state index in [0.29, 0.717) is 11.4 Å². The number of esters is 2. The first-order chi connectivity index (χ1) is 20.0. The van der Waals surface area contributed by atoms with Gasteiger partial charge in [-0.15, -0.1) is 0 Å². The number of anilines is 1. The monoisotopic (exact) mass is 554 g/mol. The van der Waals surface area contributed by atoms with Crippen LogP contribution in [0.25, 0.3) is 0 Å². The highest BCUT2D eigenvalue weighted by atomic mass is 16.6. The Bertz CT molecular complexity index is 1460. The predicted octanol–water partition coefficient (Wildman–Crippen LogP) is 5.73. The number of methoxy groups -OCH3 is 2. The standard InChI is InChI=1S/C32H30N2O7/c1-38-30(35)22-40-29-19-25(15-18-28(29)31(36)39-2)34(21-24-9-5-3-6-10-24)32(37)33-20-23-13-16-27(17-14-23)41-26-11-7-4-8-12-26/h3-19H,20-22H2,1-2H3,(H,33,37). The number of nitrogens with one attached hydrogen (secondary N) is 1. The van der Waals surface area contributed by atoms with E-state index >= 15 is 0 Å². The number of hydrogen-bond acceptors (Lipinski definition) is 7. The van der Waals surface area contributed by atoms with Crippen LogP contribution in [0.5, 0.6) is 17.2 Å². The Hall–Kier alpha value is -5.31. The molecular weight excluding hydrogens is 524 g/mol. The van der Waals surface area contributed by atoms with E-state index in [9.17, 15) is 14.4 Å². The molecule has 0 aliphatic heterocycles. The Balaban J connectivity index is 1.53. The minimum absolute atomic E-state index is 0.0830. The van der Waals surface area contributed by atoms with Gasteiger partial charge in [0, 0.05) is 18.3 Å². The second kappa shape index (κ2) is 14.2. The molecule has 41 heavy (non-hydrogen) atoms. The fourth-order valence-corrected chi connectivity index (χ4v) is 3.89. The number of carbonyl (C=O) groups is 3. The SMILES string of the molecule is COC(=O)COc1cc(N(Cc2ccccc2)C(=O)NCc2ccc(Oc3ccccc3)cc2)ccc1C(=O)OC. The first kappa shape index (κ1) is 28.7. The number of ether oxygens (including phenoxy) is 4. The van der Waals surface area contributed by atoms with Crippen LogP contribution in [0.15, 0.2) is 103 Å². The first-order valence-electron chi connectivity index (χ1n) is 12.8. The van der Waals surface area contributed by atoms with Crippen molar-refractivity contribution in [3.63, 3.8) is 0 Å². The number of rotatable bonds is 11. The Morgan fingerprint density at radius 2 is 1.39 bits per heavy atom. The van der Waals surface area contributed by atoms with Gasteiger partial charge in [0.15, 0.2) is 6.61 Å². The average molecular weight is 555 g/mol. The third kappa shape index (κ3) is 8.09. The fraction of sp³-hybridized carbons (Fsp3) is 0.156. The van der Waals surface area contributed by atoms with E-state index in [-0.39, 0.29) is 30.4 Å². The molecule has 0 heterocycles. The fourth-order valence-electron chi connectivity index (χ4n) is 3.89. The summed E-state index contributed by atoms with van der Waals surface area (Å²) in [6, 6.07) is 30.6. The van der Waals surface area contributed by atoms with E-state index in [1.54, 1.807) is 6.07 Å². The molecule has 0 aliphatic carbocycles. The van der Waals surface area contributed by atoms with Crippen molar-refractivity contribution in [3.05, 3.63) is 120 Å². The smallest absolute Gasteiger partial charge is 0.343 e. The summed E-state index contributed by atoms with van der Waals surface area (Å²) < 4.78 is 20.9. The summed E-state index contributed by atoms with van der Waals surface area (Å²) in [7, 11) is 2.48. The molecular formula is C32H30N2O7. The van der Waals surface area contributed by atoms with Crippen molar-refractivity contribution in [2.45, 2.75) is 13.1 Å². The zero-order valence-electron chi connectivity index (χ0n) is 22.7. The predicted molar refractivity (Wildman–Crippen MR) is 153 cm³/mol. The number of benzene rings is 4. The molecule has 4 aromatic rings. The van der Waals surface area contributed by atoms with Crippen LogP contribution in [0.3, 0.4) is 0 Å². The summed E-state index contributed by atoms with van der Waals surface area (Å²) in [5, 5.41) is 2.95. The van der Waals surface area contributed by atoms with E-state index in [2.05, 4.69) is 10.1 Å². The Kier molecular flexibility index (Phi) is 9.92. The molecule has 9 heteroatoms. The van der Waals surface area contributed by atoms with Gasteiger partial charge in [0.2, 0.25) is 0 Å². The first-order valence-corrected chi connectivity index (χ1v) is 12.8. The highest BCUT2D eigenvalue weighted by Gasteiger charge is 2.21. The number of carbonyl (C=O) groups excluding carboxylic acids is 3. The van der Waals surface area contributed by atoms with Crippen LogP contribution in [-0.4, -0.2) is 38.8 Å². The molecule has 0 fully saturated rings. The maximum atomic E-state index is 13.5. The van der Waals surface area contributed by atoms with Gasteiger partial charge in [-0.1, -0.05) is 60.7 Å². The third-order valence-corrected chi connectivity index (χ3v) is 6.03. The molecule has 0 radical (unpaired) electrons. The van der Waals surface area contributed by atoms with Gasteiger partial charge in [-0.2, -0.15) is 0 Å². The molecule has 0 atom stereocenters. The summed E-state index contributed by atoms with van der Waals surface area (Å²) in [4.78, 5) is 39.0. The normalized spacial score (nSPS) is 10.3. The van der Waals surface area contributed by atoms with Gasteiger partial charge in [0.1, 0.15) is 22.8 Å². The number of nitrogens with zero attached hydrogens (tertiary/aromatic N) is 1. The van der Waals surface area contributed by atoms with Gasteiger partial charge in [-0.3, -0.25) is 4.90 Å². The van der Waals surface area contributed by atoms with Crippen molar-refractivity contribution < 1.29 is 33.3 Å². The van der Waals surface area contributed by atoms with Crippen molar-refractivity contribution in [1.82, 2.24) is 5.32 Å². The number of para-hydroxylation sites is 1. The molecule has 0 aromatic heterocycles. The minimum Gasteiger partial charge on any atom is -0.481 e. The molecule has 0 aliphatic rings. The lowest BCUT2D eigenvalue weighted by atomic mass is 10.1. The third-order valence-electron chi connectivity index (χ3n) is 6.03. The highest BCUT2D eigenvalue weighted by Crippen LogP contribution is 2.28. The lowest BCUT2D eigenvalue weighted by Gasteiger charge is -2.24. The molecule has 1 N–H and O–H groups in total. The molecule has 9 nitrogen and oxygen atoms in total. The van der Waals surface area contributed by atoms with Crippen LogP contribution in [0.1, 0.15) is 21.5 Å². The molecule has 0 saturated carbocycles. The second-order valence-corrected chi connectivity index (χ2v) is 8.83. The molecule has 0 unspecified atom stereocenters. The van der Waals surface area contributed by atoms with Crippen molar-refractivity contribution in [3.8, 4) is 17.2 Å². The van der Waals surface area contributed by atoms with Crippen LogP contribution in [0.2, 0.25) is 0 Å². The molecule has 4 rings (SSSR count).